The molecule has 110 valence electrons. The van der Waals surface area contributed by atoms with Gasteiger partial charge >= 0.3 is 0 Å². The quantitative estimate of drug-likeness (QED) is 0.827. The van der Waals surface area contributed by atoms with Crippen molar-refractivity contribution in [2.45, 2.75) is 70.0 Å². The maximum Gasteiger partial charge on any atom is 0.0469 e. The molecular formula is C16H30N2O. The normalized spacial score (nSPS) is 36.0. The van der Waals surface area contributed by atoms with Crippen LogP contribution in [0.4, 0.5) is 0 Å². The monoisotopic (exact) mass is 266 g/mol. The lowest BCUT2D eigenvalue weighted by Gasteiger charge is -2.40. The van der Waals surface area contributed by atoms with Crippen LogP contribution in [0.15, 0.2) is 0 Å². The average molecular weight is 266 g/mol. The van der Waals surface area contributed by atoms with Crippen LogP contribution >= 0.6 is 0 Å². The van der Waals surface area contributed by atoms with Gasteiger partial charge in [-0.1, -0.05) is 6.92 Å². The molecule has 2 atom stereocenters. The summed E-state index contributed by atoms with van der Waals surface area (Å²) in [6.07, 6.45) is 9.45. The first-order chi connectivity index (χ1) is 9.35. The third-order valence-corrected chi connectivity index (χ3v) is 5.31. The summed E-state index contributed by atoms with van der Waals surface area (Å²) in [4.78, 5) is 2.82. The van der Waals surface area contributed by atoms with Crippen molar-refractivity contribution < 1.29 is 4.74 Å². The first-order valence-electron chi connectivity index (χ1n) is 8.43. The van der Waals surface area contributed by atoms with Gasteiger partial charge in [0.2, 0.25) is 0 Å². The Labute approximate surface area is 118 Å². The lowest BCUT2D eigenvalue weighted by Crippen LogP contribution is -2.50. The maximum absolute atomic E-state index is 5.50. The van der Waals surface area contributed by atoms with Crippen molar-refractivity contribution in [3.63, 3.8) is 0 Å². The van der Waals surface area contributed by atoms with Crippen LogP contribution in [-0.2, 0) is 4.74 Å². The van der Waals surface area contributed by atoms with Crippen LogP contribution in [0.1, 0.15) is 51.9 Å². The Hall–Kier alpha value is -0.120. The van der Waals surface area contributed by atoms with Gasteiger partial charge < -0.3 is 15.0 Å². The van der Waals surface area contributed by atoms with E-state index in [4.69, 9.17) is 4.74 Å². The largest absolute Gasteiger partial charge is 0.381 e. The molecule has 19 heavy (non-hydrogen) atoms. The lowest BCUT2D eigenvalue weighted by molar-refractivity contribution is 0.0391. The molecule has 1 N–H and O–H groups in total. The molecule has 0 aromatic heterocycles. The summed E-state index contributed by atoms with van der Waals surface area (Å²) < 4.78 is 5.50. The predicted octanol–water partition coefficient (Wildman–Crippen LogP) is 2.41. The van der Waals surface area contributed by atoms with E-state index < -0.39 is 0 Å². The SMILES string of the molecule is CCCN(CC1CCOCC1)C1CC2CCC(C1)N2. The molecule has 0 aliphatic carbocycles. The molecule has 3 nitrogen and oxygen atoms in total. The van der Waals surface area contributed by atoms with Gasteiger partial charge in [-0.05, 0) is 57.4 Å². The van der Waals surface area contributed by atoms with Crippen molar-refractivity contribution in [2.75, 3.05) is 26.3 Å². The number of hydrogen-bond acceptors (Lipinski definition) is 3. The first-order valence-corrected chi connectivity index (χ1v) is 8.43. The standard InChI is InChI=1S/C16H30N2O/c1-2-7-18(12-13-5-8-19-9-6-13)16-10-14-3-4-15(11-16)17-14/h13-17H,2-12H2,1H3. The third kappa shape index (κ3) is 3.50. The molecule has 2 bridgehead atoms. The molecule has 0 saturated carbocycles. The zero-order chi connectivity index (χ0) is 13.1. The first kappa shape index (κ1) is 13.8. The minimum atomic E-state index is 0.817. The van der Waals surface area contributed by atoms with Crippen LogP contribution < -0.4 is 5.32 Å². The van der Waals surface area contributed by atoms with Crippen LogP contribution in [0, 0.1) is 5.92 Å². The van der Waals surface area contributed by atoms with Gasteiger partial charge in [0, 0.05) is 37.9 Å². The number of nitrogens with one attached hydrogen (secondary N) is 1. The topological polar surface area (TPSA) is 24.5 Å². The fourth-order valence-electron chi connectivity index (χ4n) is 4.30. The van der Waals surface area contributed by atoms with Crippen LogP contribution in [0.5, 0.6) is 0 Å². The Kier molecular flexibility index (Phi) is 4.78. The molecule has 3 fully saturated rings. The van der Waals surface area contributed by atoms with E-state index in [1.165, 1.54) is 58.0 Å². The van der Waals surface area contributed by atoms with Crippen LogP contribution in [0.25, 0.3) is 0 Å². The molecule has 3 saturated heterocycles. The van der Waals surface area contributed by atoms with Gasteiger partial charge in [-0.2, -0.15) is 0 Å². The Bertz CT molecular complexity index is 266. The van der Waals surface area contributed by atoms with Crippen molar-refractivity contribution in [1.29, 1.82) is 0 Å². The van der Waals surface area contributed by atoms with E-state index in [9.17, 15) is 0 Å². The number of ether oxygens (including phenoxy) is 1. The van der Waals surface area contributed by atoms with Crippen molar-refractivity contribution in [3.05, 3.63) is 0 Å². The van der Waals surface area contributed by atoms with Gasteiger partial charge in [0.05, 0.1) is 0 Å². The highest BCUT2D eigenvalue weighted by Gasteiger charge is 2.36. The molecular weight excluding hydrogens is 236 g/mol. The van der Waals surface area contributed by atoms with E-state index in [0.29, 0.717) is 0 Å². The Balaban J connectivity index is 1.56. The van der Waals surface area contributed by atoms with E-state index >= 15 is 0 Å². The molecule has 0 aromatic carbocycles. The summed E-state index contributed by atoms with van der Waals surface area (Å²) in [5.41, 5.74) is 0. The smallest absolute Gasteiger partial charge is 0.0469 e. The highest BCUT2D eigenvalue weighted by Crippen LogP contribution is 2.31. The highest BCUT2D eigenvalue weighted by atomic mass is 16.5. The Morgan fingerprint density at radius 1 is 1.05 bits per heavy atom. The highest BCUT2D eigenvalue weighted by molar-refractivity contribution is 4.96. The number of hydrogen-bond donors (Lipinski definition) is 1. The molecule has 3 heteroatoms. The van der Waals surface area contributed by atoms with Gasteiger partial charge in [0.25, 0.3) is 0 Å². The van der Waals surface area contributed by atoms with E-state index in [1.54, 1.807) is 0 Å². The van der Waals surface area contributed by atoms with Gasteiger partial charge in [0.1, 0.15) is 0 Å². The molecule has 2 unspecified atom stereocenters. The van der Waals surface area contributed by atoms with Crippen LogP contribution in [-0.4, -0.2) is 49.3 Å². The van der Waals surface area contributed by atoms with Crippen molar-refractivity contribution in [2.24, 2.45) is 5.92 Å². The second-order valence-corrected chi connectivity index (χ2v) is 6.81. The Morgan fingerprint density at radius 3 is 2.37 bits per heavy atom. The van der Waals surface area contributed by atoms with E-state index in [-0.39, 0.29) is 0 Å². The molecule has 3 aliphatic rings. The second kappa shape index (κ2) is 6.55. The van der Waals surface area contributed by atoms with Crippen molar-refractivity contribution in [3.8, 4) is 0 Å². The number of piperidine rings is 1. The lowest BCUT2D eigenvalue weighted by atomic mass is 9.94. The maximum atomic E-state index is 5.50. The van der Waals surface area contributed by atoms with Crippen LogP contribution in [0.3, 0.4) is 0 Å². The average Bonchev–Trinajstić information content (AvgIpc) is 2.78. The van der Waals surface area contributed by atoms with Gasteiger partial charge in [-0.15, -0.1) is 0 Å². The molecule has 0 radical (unpaired) electrons. The zero-order valence-electron chi connectivity index (χ0n) is 12.4. The molecule has 0 amide bonds. The molecule has 3 aliphatic heterocycles. The number of fused-ring (bicyclic) bond motifs is 2. The fourth-order valence-corrected chi connectivity index (χ4v) is 4.30. The van der Waals surface area contributed by atoms with Gasteiger partial charge in [-0.25, -0.2) is 0 Å². The van der Waals surface area contributed by atoms with E-state index in [0.717, 1.165) is 37.3 Å². The number of nitrogens with zero attached hydrogens (tertiary/aromatic N) is 1. The molecule has 3 heterocycles. The van der Waals surface area contributed by atoms with Gasteiger partial charge in [-0.3, -0.25) is 0 Å². The predicted molar refractivity (Wildman–Crippen MR) is 78.4 cm³/mol. The summed E-state index contributed by atoms with van der Waals surface area (Å²) >= 11 is 0. The van der Waals surface area contributed by atoms with E-state index in [1.807, 2.05) is 0 Å². The van der Waals surface area contributed by atoms with Gasteiger partial charge in [0.15, 0.2) is 0 Å². The van der Waals surface area contributed by atoms with Crippen molar-refractivity contribution >= 4 is 0 Å². The summed E-state index contributed by atoms with van der Waals surface area (Å²) in [6.45, 7) is 6.92. The minimum Gasteiger partial charge on any atom is -0.381 e. The summed E-state index contributed by atoms with van der Waals surface area (Å²) in [5, 5.41) is 3.77. The summed E-state index contributed by atoms with van der Waals surface area (Å²) in [6, 6.07) is 2.48. The second-order valence-electron chi connectivity index (χ2n) is 6.81. The van der Waals surface area contributed by atoms with E-state index in [2.05, 4.69) is 17.1 Å². The fraction of sp³-hybridized carbons (Fsp3) is 1.00. The Morgan fingerprint density at radius 2 is 1.74 bits per heavy atom. The number of rotatable bonds is 5. The minimum absolute atomic E-state index is 0.817. The molecule has 0 spiro atoms. The van der Waals surface area contributed by atoms with Crippen molar-refractivity contribution in [1.82, 2.24) is 10.2 Å². The third-order valence-electron chi connectivity index (χ3n) is 5.31. The van der Waals surface area contributed by atoms with Crippen LogP contribution in [0.2, 0.25) is 0 Å². The summed E-state index contributed by atoms with van der Waals surface area (Å²) in [7, 11) is 0. The zero-order valence-corrected chi connectivity index (χ0v) is 12.4. The molecule has 3 rings (SSSR count). The summed E-state index contributed by atoms with van der Waals surface area (Å²) in [5.74, 6) is 0.882. The molecule has 0 aromatic rings.